The predicted molar refractivity (Wildman–Crippen MR) is 73.8 cm³/mol. The van der Waals surface area contributed by atoms with Gasteiger partial charge in [-0.3, -0.25) is 4.79 Å². The Morgan fingerprint density at radius 2 is 1.95 bits per heavy atom. The molecular weight excluding hydrogens is 240 g/mol. The number of carbonyl (C=O) groups excluding carboxylic acids is 1. The first-order chi connectivity index (χ1) is 9.06. The van der Waals surface area contributed by atoms with Crippen molar-refractivity contribution in [3.8, 4) is 0 Å². The molecule has 2 fully saturated rings. The lowest BCUT2D eigenvalue weighted by Gasteiger charge is -2.37. The average molecular weight is 260 g/mol. The summed E-state index contributed by atoms with van der Waals surface area (Å²) in [4.78, 5) is 14.6. The van der Waals surface area contributed by atoms with E-state index in [-0.39, 0.29) is 24.1 Å². The summed E-state index contributed by atoms with van der Waals surface area (Å²) in [6.07, 6.45) is 3.20. The van der Waals surface area contributed by atoms with E-state index in [4.69, 9.17) is 5.73 Å². The molecule has 2 aliphatic heterocycles. The van der Waals surface area contributed by atoms with Crippen LogP contribution >= 0.6 is 0 Å². The molecule has 102 valence electrons. The van der Waals surface area contributed by atoms with Gasteiger partial charge in [-0.05, 0) is 50.3 Å². The largest absolute Gasteiger partial charge is 0.398 e. The molecule has 0 radical (unpaired) electrons. The predicted octanol–water partition coefficient (Wildman–Crippen LogP) is 1.71. The summed E-state index contributed by atoms with van der Waals surface area (Å²) in [5.41, 5.74) is 8.20. The van der Waals surface area contributed by atoms with Crippen molar-refractivity contribution in [2.75, 3.05) is 5.73 Å². The van der Waals surface area contributed by atoms with E-state index in [2.05, 4.69) is 0 Å². The van der Waals surface area contributed by atoms with Gasteiger partial charge in [-0.1, -0.05) is 6.07 Å². The van der Waals surface area contributed by atoms with Crippen molar-refractivity contribution in [2.45, 2.75) is 50.8 Å². The molecule has 4 nitrogen and oxygen atoms in total. The number of piperidine rings is 1. The lowest BCUT2D eigenvalue weighted by molar-refractivity contribution is 0.0287. The van der Waals surface area contributed by atoms with E-state index in [1.165, 1.54) is 0 Å². The number of hydrogen-bond acceptors (Lipinski definition) is 3. The van der Waals surface area contributed by atoms with Crippen molar-refractivity contribution in [3.05, 3.63) is 29.3 Å². The zero-order chi connectivity index (χ0) is 13.6. The van der Waals surface area contributed by atoms with Gasteiger partial charge in [0.15, 0.2) is 0 Å². The highest BCUT2D eigenvalue weighted by atomic mass is 16.3. The van der Waals surface area contributed by atoms with E-state index < -0.39 is 0 Å². The van der Waals surface area contributed by atoms with Crippen LogP contribution in [0.25, 0.3) is 0 Å². The zero-order valence-electron chi connectivity index (χ0n) is 11.2. The number of nitrogen functional groups attached to an aromatic ring is 1. The van der Waals surface area contributed by atoms with E-state index >= 15 is 0 Å². The lowest BCUT2D eigenvalue weighted by atomic mass is 9.98. The van der Waals surface area contributed by atoms with E-state index in [1.807, 2.05) is 24.0 Å². The molecule has 0 saturated carbocycles. The van der Waals surface area contributed by atoms with Crippen molar-refractivity contribution < 1.29 is 9.90 Å². The Hall–Kier alpha value is -1.55. The molecule has 3 rings (SSSR count). The highest BCUT2D eigenvalue weighted by molar-refractivity contribution is 5.96. The number of rotatable bonds is 1. The van der Waals surface area contributed by atoms with Gasteiger partial charge in [-0.25, -0.2) is 0 Å². The van der Waals surface area contributed by atoms with Gasteiger partial charge in [0.25, 0.3) is 5.91 Å². The topological polar surface area (TPSA) is 66.6 Å². The van der Waals surface area contributed by atoms with E-state index in [1.54, 1.807) is 6.07 Å². The monoisotopic (exact) mass is 260 g/mol. The van der Waals surface area contributed by atoms with Crippen molar-refractivity contribution in [1.82, 2.24) is 4.90 Å². The van der Waals surface area contributed by atoms with Gasteiger partial charge in [0.1, 0.15) is 0 Å². The Morgan fingerprint density at radius 1 is 1.32 bits per heavy atom. The first-order valence-corrected chi connectivity index (χ1v) is 6.93. The van der Waals surface area contributed by atoms with Gasteiger partial charge >= 0.3 is 0 Å². The van der Waals surface area contributed by atoms with E-state index in [9.17, 15) is 9.90 Å². The number of aliphatic hydroxyl groups excluding tert-OH is 1. The number of anilines is 1. The number of nitrogens with two attached hydrogens (primary N) is 1. The summed E-state index contributed by atoms with van der Waals surface area (Å²) < 4.78 is 0. The lowest BCUT2D eigenvalue weighted by Crippen LogP contribution is -2.48. The smallest absolute Gasteiger partial charge is 0.254 e. The molecule has 2 bridgehead atoms. The number of aliphatic hydroxyl groups is 1. The quantitative estimate of drug-likeness (QED) is 0.755. The molecule has 2 atom stereocenters. The van der Waals surface area contributed by atoms with Crippen LogP contribution in [0.2, 0.25) is 0 Å². The summed E-state index contributed by atoms with van der Waals surface area (Å²) in [5.74, 6) is 0.0612. The molecule has 1 aromatic carbocycles. The van der Waals surface area contributed by atoms with Crippen molar-refractivity contribution in [1.29, 1.82) is 0 Å². The molecule has 2 aliphatic rings. The summed E-state index contributed by atoms with van der Waals surface area (Å²) >= 11 is 0. The van der Waals surface area contributed by atoms with Gasteiger partial charge in [-0.2, -0.15) is 0 Å². The zero-order valence-corrected chi connectivity index (χ0v) is 11.2. The summed E-state index contributed by atoms with van der Waals surface area (Å²) in [6.45, 7) is 1.94. The number of hydrogen-bond donors (Lipinski definition) is 2. The van der Waals surface area contributed by atoms with Crippen LogP contribution in [0, 0.1) is 6.92 Å². The van der Waals surface area contributed by atoms with E-state index in [0.717, 1.165) is 18.4 Å². The maximum Gasteiger partial charge on any atom is 0.254 e. The SMILES string of the molecule is Cc1ccc(C(=O)N2C3CCC2CC(O)C3)cc1N. The number of aryl methyl sites for hydroxylation is 1. The number of nitrogens with zero attached hydrogens (tertiary/aromatic N) is 1. The third kappa shape index (κ3) is 2.10. The Bertz CT molecular complexity index is 501. The van der Waals surface area contributed by atoms with Crippen LogP contribution < -0.4 is 5.73 Å². The van der Waals surface area contributed by atoms with Crippen LogP contribution in [0.4, 0.5) is 5.69 Å². The highest BCUT2D eigenvalue weighted by Crippen LogP contribution is 2.36. The standard InChI is InChI=1S/C15H20N2O2/c1-9-2-3-10(6-14(9)16)15(19)17-11-4-5-12(17)8-13(18)7-11/h2-3,6,11-13,18H,4-5,7-8,16H2,1H3. The van der Waals surface area contributed by atoms with Gasteiger partial charge in [0.05, 0.1) is 6.10 Å². The van der Waals surface area contributed by atoms with Crippen molar-refractivity contribution >= 4 is 11.6 Å². The normalized spacial score (nSPS) is 29.6. The summed E-state index contributed by atoms with van der Waals surface area (Å²) in [6, 6.07) is 5.90. The van der Waals surface area contributed by atoms with Crippen LogP contribution in [-0.2, 0) is 0 Å². The van der Waals surface area contributed by atoms with Crippen LogP contribution in [0.3, 0.4) is 0 Å². The molecule has 1 aromatic rings. The van der Waals surface area contributed by atoms with Gasteiger partial charge in [0, 0.05) is 23.3 Å². The van der Waals surface area contributed by atoms with Gasteiger partial charge < -0.3 is 15.7 Å². The number of fused-ring (bicyclic) bond motifs is 2. The molecule has 0 aromatic heterocycles. The highest BCUT2D eigenvalue weighted by Gasteiger charge is 2.42. The second-order valence-electron chi connectivity index (χ2n) is 5.79. The minimum absolute atomic E-state index is 0.0612. The van der Waals surface area contributed by atoms with Crippen LogP contribution in [0.5, 0.6) is 0 Å². The molecule has 2 unspecified atom stereocenters. The first kappa shape index (κ1) is 12.5. The van der Waals surface area contributed by atoms with Gasteiger partial charge in [-0.15, -0.1) is 0 Å². The molecule has 19 heavy (non-hydrogen) atoms. The van der Waals surface area contributed by atoms with Crippen molar-refractivity contribution in [3.63, 3.8) is 0 Å². The minimum atomic E-state index is -0.246. The fourth-order valence-electron chi connectivity index (χ4n) is 3.40. The molecule has 0 aliphatic carbocycles. The first-order valence-electron chi connectivity index (χ1n) is 6.93. The third-order valence-electron chi connectivity index (χ3n) is 4.47. The summed E-state index contributed by atoms with van der Waals surface area (Å²) in [7, 11) is 0. The van der Waals surface area contributed by atoms with Crippen LogP contribution in [0.1, 0.15) is 41.6 Å². The third-order valence-corrected chi connectivity index (χ3v) is 4.47. The van der Waals surface area contributed by atoms with Crippen LogP contribution in [-0.4, -0.2) is 34.1 Å². The molecular formula is C15H20N2O2. The Labute approximate surface area is 113 Å². The summed E-state index contributed by atoms with van der Waals surface area (Å²) in [5, 5.41) is 9.78. The van der Waals surface area contributed by atoms with Gasteiger partial charge in [0.2, 0.25) is 0 Å². The number of amides is 1. The Balaban J connectivity index is 1.86. The van der Waals surface area contributed by atoms with Crippen molar-refractivity contribution in [2.24, 2.45) is 0 Å². The second-order valence-corrected chi connectivity index (χ2v) is 5.79. The molecule has 4 heteroatoms. The Kier molecular flexibility index (Phi) is 2.97. The maximum absolute atomic E-state index is 12.6. The molecule has 1 amide bonds. The van der Waals surface area contributed by atoms with Crippen LogP contribution in [0.15, 0.2) is 18.2 Å². The second kappa shape index (κ2) is 4.53. The molecule has 2 heterocycles. The molecule has 2 saturated heterocycles. The molecule has 3 N–H and O–H groups in total. The fourth-order valence-corrected chi connectivity index (χ4v) is 3.40. The molecule has 0 spiro atoms. The number of benzene rings is 1. The number of carbonyl (C=O) groups is 1. The van der Waals surface area contributed by atoms with E-state index in [0.29, 0.717) is 24.1 Å². The Morgan fingerprint density at radius 3 is 2.53 bits per heavy atom. The fraction of sp³-hybridized carbons (Fsp3) is 0.533. The average Bonchev–Trinajstić information content (AvgIpc) is 2.64. The maximum atomic E-state index is 12.6. The minimum Gasteiger partial charge on any atom is -0.398 e.